The highest BCUT2D eigenvalue weighted by molar-refractivity contribution is 5.89. The van der Waals surface area contributed by atoms with Crippen molar-refractivity contribution in [2.75, 3.05) is 6.61 Å². The van der Waals surface area contributed by atoms with Crippen molar-refractivity contribution >= 4 is 34.7 Å². The van der Waals surface area contributed by atoms with Crippen LogP contribution in [0.15, 0.2) is 36.4 Å². The van der Waals surface area contributed by atoms with E-state index in [1.807, 2.05) is 0 Å². The number of nitro benzene ring substituents is 4. The Kier molecular flexibility index (Phi) is 9.60. The summed E-state index contributed by atoms with van der Waals surface area (Å²) in [6.45, 7) is 4.95. The van der Waals surface area contributed by atoms with E-state index in [9.17, 15) is 55.2 Å². The summed E-state index contributed by atoms with van der Waals surface area (Å²) in [6.07, 6.45) is -0.431. The summed E-state index contributed by atoms with van der Waals surface area (Å²) in [4.78, 5) is 63.3. The van der Waals surface area contributed by atoms with Gasteiger partial charge in [-0.15, -0.1) is 0 Å². The number of nitro groups is 4. The second kappa shape index (κ2) is 11.9. The van der Waals surface area contributed by atoms with E-state index in [2.05, 4.69) is 4.74 Å². The number of rotatable bonds is 9. The first kappa shape index (κ1) is 29.0. The largest absolute Gasteiger partial charge is 0.480 e. The lowest BCUT2D eigenvalue weighted by atomic mass is 9.71. The van der Waals surface area contributed by atoms with Gasteiger partial charge in [0.2, 0.25) is 0 Å². The molecular formula is C20H20N4O12. The fraction of sp³-hybridized carbons (Fsp3) is 0.300. The van der Waals surface area contributed by atoms with E-state index >= 15 is 0 Å². The molecule has 2 rings (SSSR count). The number of carboxylic acid groups (broad SMARTS) is 1. The van der Waals surface area contributed by atoms with Crippen molar-refractivity contribution < 1.29 is 39.1 Å². The van der Waals surface area contributed by atoms with E-state index < -0.39 is 71.4 Å². The predicted molar refractivity (Wildman–Crippen MR) is 121 cm³/mol. The number of non-ortho nitro benzene ring substituents is 2. The van der Waals surface area contributed by atoms with Crippen molar-refractivity contribution in [2.45, 2.75) is 32.6 Å². The molecule has 0 atom stereocenters. The van der Waals surface area contributed by atoms with E-state index in [0.29, 0.717) is 18.7 Å². The normalized spacial score (nSPS) is 10.4. The smallest absolute Gasteiger partial charge is 0.319 e. The van der Waals surface area contributed by atoms with Gasteiger partial charge in [0.1, 0.15) is 5.41 Å². The molecule has 16 nitrogen and oxygen atoms in total. The standard InChI is InChI=1S/C16H12N4O10.C4H8O2/c1-2-16(15(21)22,11-5-3-9(17(23)24)7-13(11)19(27)28)12-6-4-10(18(25)26)8-14(12)20(29)30;1-3-6-4(2)5/h3-8H,2H2,1H3,(H,21,22);3H2,1-2H3. The number of ether oxygens (including phenoxy) is 1. The van der Waals surface area contributed by atoms with Gasteiger partial charge in [-0.05, 0) is 25.5 Å². The SMILES string of the molecule is CCC(C(=O)O)(c1ccc([N+](=O)[O-])cc1[N+](=O)[O-])c1ccc([N+](=O)[O-])cc1[N+](=O)[O-].CCOC(C)=O. The second-order valence-electron chi connectivity index (χ2n) is 6.92. The van der Waals surface area contributed by atoms with Crippen LogP contribution in [-0.2, 0) is 19.7 Å². The molecule has 0 unspecified atom stereocenters. The summed E-state index contributed by atoms with van der Waals surface area (Å²) >= 11 is 0. The lowest BCUT2D eigenvalue weighted by Crippen LogP contribution is -2.37. The van der Waals surface area contributed by atoms with Gasteiger partial charge >= 0.3 is 11.9 Å². The highest BCUT2D eigenvalue weighted by Gasteiger charge is 2.49. The number of nitrogens with zero attached hydrogens (tertiary/aromatic N) is 4. The van der Waals surface area contributed by atoms with Crippen LogP contribution in [0, 0.1) is 40.5 Å². The zero-order valence-corrected chi connectivity index (χ0v) is 19.1. The molecule has 0 amide bonds. The van der Waals surface area contributed by atoms with E-state index in [4.69, 9.17) is 0 Å². The van der Waals surface area contributed by atoms with Crippen LogP contribution >= 0.6 is 0 Å². The Balaban J connectivity index is 0.000000960. The monoisotopic (exact) mass is 508 g/mol. The highest BCUT2D eigenvalue weighted by atomic mass is 16.6. The molecular weight excluding hydrogens is 488 g/mol. The number of aliphatic carboxylic acids is 1. The van der Waals surface area contributed by atoms with Crippen molar-refractivity contribution in [1.82, 2.24) is 0 Å². The number of hydrogen-bond donors (Lipinski definition) is 1. The Bertz CT molecular complexity index is 1150. The Hall–Kier alpha value is -5.02. The van der Waals surface area contributed by atoms with Gasteiger partial charge in [0.15, 0.2) is 0 Å². The van der Waals surface area contributed by atoms with Gasteiger partial charge in [-0.25, -0.2) is 0 Å². The molecule has 2 aromatic rings. The van der Waals surface area contributed by atoms with Crippen LogP contribution in [0.2, 0.25) is 0 Å². The van der Waals surface area contributed by atoms with Gasteiger partial charge in [0.05, 0.1) is 49.6 Å². The molecule has 0 radical (unpaired) electrons. The summed E-state index contributed by atoms with van der Waals surface area (Å²) in [6, 6.07) is 4.48. The molecule has 0 aromatic heterocycles. The van der Waals surface area contributed by atoms with Crippen LogP contribution in [0.4, 0.5) is 22.7 Å². The summed E-state index contributed by atoms with van der Waals surface area (Å²) in [5, 5.41) is 55.0. The molecule has 0 aliphatic carbocycles. The Morgan fingerprint density at radius 2 is 1.19 bits per heavy atom. The van der Waals surface area contributed by atoms with E-state index in [1.54, 1.807) is 6.92 Å². The molecule has 0 fully saturated rings. The van der Waals surface area contributed by atoms with Crippen molar-refractivity contribution in [3.05, 3.63) is 88.0 Å². The summed E-state index contributed by atoms with van der Waals surface area (Å²) in [5.41, 5.74) is -6.68. The first-order valence-electron chi connectivity index (χ1n) is 9.97. The van der Waals surface area contributed by atoms with Gasteiger partial charge in [-0.1, -0.05) is 6.92 Å². The second-order valence-corrected chi connectivity index (χ2v) is 6.92. The van der Waals surface area contributed by atoms with Crippen LogP contribution < -0.4 is 0 Å². The maximum Gasteiger partial charge on any atom is 0.319 e. The third kappa shape index (κ3) is 6.10. The number of carboxylic acids is 1. The van der Waals surface area contributed by atoms with Crippen LogP contribution in [0.25, 0.3) is 0 Å². The number of carbonyl (C=O) groups excluding carboxylic acids is 1. The van der Waals surface area contributed by atoms with Gasteiger partial charge in [-0.2, -0.15) is 0 Å². The zero-order valence-electron chi connectivity index (χ0n) is 19.1. The lowest BCUT2D eigenvalue weighted by molar-refractivity contribution is -0.395. The van der Waals surface area contributed by atoms with Gasteiger partial charge < -0.3 is 9.84 Å². The van der Waals surface area contributed by atoms with E-state index in [1.165, 1.54) is 13.8 Å². The van der Waals surface area contributed by atoms with Crippen LogP contribution in [0.1, 0.15) is 38.3 Å². The number of benzene rings is 2. The van der Waals surface area contributed by atoms with Gasteiger partial charge in [0.25, 0.3) is 22.7 Å². The van der Waals surface area contributed by atoms with Crippen molar-refractivity contribution in [3.63, 3.8) is 0 Å². The molecule has 1 N–H and O–H groups in total. The van der Waals surface area contributed by atoms with Crippen molar-refractivity contribution in [2.24, 2.45) is 0 Å². The Labute approximate surface area is 201 Å². The van der Waals surface area contributed by atoms with Gasteiger partial charge in [-0.3, -0.25) is 50.0 Å². The lowest BCUT2D eigenvalue weighted by Gasteiger charge is -2.28. The molecule has 0 aliphatic rings. The van der Waals surface area contributed by atoms with Crippen molar-refractivity contribution in [1.29, 1.82) is 0 Å². The molecule has 36 heavy (non-hydrogen) atoms. The third-order valence-corrected chi connectivity index (χ3v) is 4.94. The quantitative estimate of drug-likeness (QED) is 0.290. The number of hydrogen-bond acceptors (Lipinski definition) is 11. The fourth-order valence-corrected chi connectivity index (χ4v) is 3.40. The highest BCUT2D eigenvalue weighted by Crippen LogP contribution is 2.46. The first-order chi connectivity index (χ1) is 16.7. The maximum absolute atomic E-state index is 12.3. The molecule has 2 aromatic carbocycles. The summed E-state index contributed by atoms with van der Waals surface area (Å²) in [5.74, 6) is -1.92. The average molecular weight is 508 g/mol. The molecule has 0 bridgehead atoms. The molecule has 0 aliphatic heterocycles. The molecule has 192 valence electrons. The van der Waals surface area contributed by atoms with Crippen LogP contribution in [0.3, 0.4) is 0 Å². The maximum atomic E-state index is 12.3. The number of esters is 1. The zero-order chi connectivity index (χ0) is 27.8. The van der Waals surface area contributed by atoms with E-state index in [0.717, 1.165) is 24.3 Å². The summed E-state index contributed by atoms with van der Waals surface area (Å²) in [7, 11) is 0. The van der Waals surface area contributed by atoms with Crippen LogP contribution in [0.5, 0.6) is 0 Å². The predicted octanol–water partition coefficient (Wildman–Crippen LogP) is 3.67. The van der Waals surface area contributed by atoms with Crippen molar-refractivity contribution in [3.8, 4) is 0 Å². The minimum Gasteiger partial charge on any atom is -0.480 e. The molecule has 16 heteroatoms. The van der Waals surface area contributed by atoms with E-state index in [-0.39, 0.29) is 5.97 Å². The molecule has 0 heterocycles. The summed E-state index contributed by atoms with van der Waals surface area (Å²) < 4.78 is 4.40. The van der Waals surface area contributed by atoms with Gasteiger partial charge in [0, 0.05) is 19.1 Å². The minimum absolute atomic E-state index is 0.211. The molecule has 0 saturated heterocycles. The topological polar surface area (TPSA) is 236 Å². The van der Waals surface area contributed by atoms with Crippen LogP contribution in [-0.4, -0.2) is 43.3 Å². The fourth-order valence-electron chi connectivity index (χ4n) is 3.40. The minimum atomic E-state index is -2.38. The Morgan fingerprint density at radius 1 is 0.806 bits per heavy atom. The number of carbonyl (C=O) groups is 2. The Morgan fingerprint density at radius 3 is 1.39 bits per heavy atom. The first-order valence-corrected chi connectivity index (χ1v) is 9.97. The molecule has 0 saturated carbocycles. The molecule has 0 spiro atoms. The average Bonchev–Trinajstić information content (AvgIpc) is 2.79. The third-order valence-electron chi connectivity index (χ3n) is 4.94.